The summed E-state index contributed by atoms with van der Waals surface area (Å²) in [6.45, 7) is 5.87. The maximum Gasteiger partial charge on any atom is 0.417 e. The molecule has 0 aliphatic rings. The predicted molar refractivity (Wildman–Crippen MR) is 113 cm³/mol. The van der Waals surface area contributed by atoms with E-state index in [-0.39, 0.29) is 24.1 Å². The van der Waals surface area contributed by atoms with Gasteiger partial charge in [0.1, 0.15) is 0 Å². The fraction of sp³-hybridized carbons (Fsp3) is 0.364. The molecule has 0 aromatic carbocycles. The maximum absolute atomic E-state index is 13.0. The van der Waals surface area contributed by atoms with Crippen LogP contribution in [-0.2, 0) is 22.8 Å². The van der Waals surface area contributed by atoms with Crippen LogP contribution in [0.25, 0.3) is 6.08 Å². The van der Waals surface area contributed by atoms with Gasteiger partial charge in [0.25, 0.3) is 0 Å². The van der Waals surface area contributed by atoms with Crippen LogP contribution in [0.1, 0.15) is 61.0 Å². The summed E-state index contributed by atoms with van der Waals surface area (Å²) in [6, 6.07) is 3.83. The van der Waals surface area contributed by atoms with Crippen LogP contribution in [0.3, 0.4) is 0 Å². The smallest absolute Gasteiger partial charge is 0.417 e. The summed E-state index contributed by atoms with van der Waals surface area (Å²) in [5, 5.41) is 11.3. The molecule has 0 bridgehead atoms. The highest BCUT2D eigenvalue weighted by Crippen LogP contribution is 2.33. The molecule has 0 fully saturated rings. The van der Waals surface area contributed by atoms with Gasteiger partial charge in [-0.15, -0.1) is 5.10 Å². The van der Waals surface area contributed by atoms with E-state index in [1.807, 2.05) is 13.8 Å². The number of esters is 1. The number of H-pyrrole nitrogens is 1. The van der Waals surface area contributed by atoms with Gasteiger partial charge >= 0.3 is 12.1 Å². The van der Waals surface area contributed by atoms with Crippen molar-refractivity contribution in [1.82, 2.24) is 25.0 Å². The number of aromatic amines is 1. The van der Waals surface area contributed by atoms with Crippen molar-refractivity contribution >= 4 is 12.0 Å². The van der Waals surface area contributed by atoms with Crippen molar-refractivity contribution in [3.63, 3.8) is 0 Å². The molecule has 3 heterocycles. The molecule has 1 atom stereocenters. The summed E-state index contributed by atoms with van der Waals surface area (Å²) >= 11 is 0. The molecule has 0 spiro atoms. The van der Waals surface area contributed by atoms with E-state index in [0.29, 0.717) is 11.3 Å². The first-order valence-corrected chi connectivity index (χ1v) is 10.2. The zero-order valence-corrected chi connectivity index (χ0v) is 18.6. The lowest BCUT2D eigenvalue weighted by molar-refractivity contribution is -0.138. The minimum atomic E-state index is -4.50. The van der Waals surface area contributed by atoms with E-state index in [0.717, 1.165) is 18.0 Å². The first kappa shape index (κ1) is 24.0. The molecule has 1 unspecified atom stereocenters. The Bertz CT molecular complexity index is 1120. The van der Waals surface area contributed by atoms with Gasteiger partial charge in [-0.1, -0.05) is 13.8 Å². The van der Waals surface area contributed by atoms with Crippen LogP contribution >= 0.6 is 0 Å². The Morgan fingerprint density at radius 1 is 1.27 bits per heavy atom. The molecule has 0 saturated carbocycles. The monoisotopic (exact) mass is 463 g/mol. The Hall–Kier alpha value is -3.63. The Balaban J connectivity index is 1.95. The number of alkyl halides is 3. The quantitative estimate of drug-likeness (QED) is 0.392. The average molecular weight is 463 g/mol. The lowest BCUT2D eigenvalue weighted by Crippen LogP contribution is -2.15. The number of hydrogen-bond acceptors (Lipinski definition) is 6. The Kier molecular flexibility index (Phi) is 7.19. The molecule has 3 rings (SSSR count). The maximum atomic E-state index is 13.0. The van der Waals surface area contributed by atoms with Gasteiger partial charge in [0.2, 0.25) is 5.88 Å². The highest BCUT2D eigenvalue weighted by Gasteiger charge is 2.32. The van der Waals surface area contributed by atoms with E-state index in [2.05, 4.69) is 20.3 Å². The molecule has 3 aromatic rings. The first-order chi connectivity index (χ1) is 15.6. The fourth-order valence-corrected chi connectivity index (χ4v) is 3.12. The molecule has 0 aliphatic heterocycles. The molecule has 0 aliphatic carbocycles. The van der Waals surface area contributed by atoms with E-state index >= 15 is 0 Å². The van der Waals surface area contributed by atoms with Crippen molar-refractivity contribution in [2.75, 3.05) is 6.61 Å². The first-order valence-electron chi connectivity index (χ1n) is 10.2. The third-order valence-electron chi connectivity index (χ3n) is 4.75. The number of rotatable bonds is 8. The van der Waals surface area contributed by atoms with Gasteiger partial charge in [0.15, 0.2) is 6.10 Å². The SMILES string of the molecule is CCOC(=O)C=Cc1cc(OC(c2ccc(C(F)(F)F)cn2)c2cn[nH]c2C(C)C)nn1C. The highest BCUT2D eigenvalue weighted by molar-refractivity contribution is 5.86. The number of nitrogens with one attached hydrogen (secondary N) is 1. The number of ether oxygens (including phenoxy) is 2. The summed E-state index contributed by atoms with van der Waals surface area (Å²) < 4.78 is 51.4. The lowest BCUT2D eigenvalue weighted by Gasteiger charge is -2.19. The molecule has 176 valence electrons. The summed E-state index contributed by atoms with van der Waals surface area (Å²) in [7, 11) is 1.67. The second-order valence-corrected chi connectivity index (χ2v) is 7.48. The molecule has 1 N–H and O–H groups in total. The van der Waals surface area contributed by atoms with Crippen molar-refractivity contribution in [2.45, 2.75) is 39.0 Å². The van der Waals surface area contributed by atoms with Crippen molar-refractivity contribution in [2.24, 2.45) is 7.05 Å². The summed E-state index contributed by atoms with van der Waals surface area (Å²) in [5.74, 6) is -0.244. The standard InChI is InChI=1S/C22H24F3N5O3/c1-5-32-19(31)9-7-15-10-18(29-30(15)4)33-21(16-12-27-28-20(16)13(2)3)17-8-6-14(11-26-17)22(23,24)25/h6-13,21H,5H2,1-4H3,(H,27,28). The topological polar surface area (TPSA) is 94.9 Å². The van der Waals surface area contributed by atoms with E-state index < -0.39 is 23.8 Å². The molecule has 8 nitrogen and oxygen atoms in total. The molecule has 33 heavy (non-hydrogen) atoms. The summed E-state index contributed by atoms with van der Waals surface area (Å²) in [6.07, 6.45) is -0.231. The molecule has 0 amide bonds. The van der Waals surface area contributed by atoms with Gasteiger partial charge in [0, 0.05) is 36.6 Å². The van der Waals surface area contributed by atoms with Crippen molar-refractivity contribution in [1.29, 1.82) is 0 Å². The number of pyridine rings is 1. The van der Waals surface area contributed by atoms with Gasteiger partial charge in [-0.2, -0.15) is 18.3 Å². The van der Waals surface area contributed by atoms with Crippen LogP contribution in [0.15, 0.2) is 36.7 Å². The number of halogens is 3. The van der Waals surface area contributed by atoms with Gasteiger partial charge in [-0.25, -0.2) is 4.79 Å². The molecule has 3 aromatic heterocycles. The number of carbonyl (C=O) groups excluding carboxylic acids is 1. The zero-order chi connectivity index (χ0) is 24.2. The molecular weight excluding hydrogens is 439 g/mol. The van der Waals surface area contributed by atoms with E-state index in [1.54, 1.807) is 26.2 Å². The minimum Gasteiger partial charge on any atom is -0.463 e. The predicted octanol–water partition coefficient (Wildman–Crippen LogP) is 4.43. The number of carbonyl (C=O) groups is 1. The van der Waals surface area contributed by atoms with Crippen LogP contribution in [0.5, 0.6) is 5.88 Å². The molecule has 11 heteroatoms. The van der Waals surface area contributed by atoms with Crippen LogP contribution in [0, 0.1) is 0 Å². The average Bonchev–Trinajstić information content (AvgIpc) is 3.37. The van der Waals surface area contributed by atoms with Gasteiger partial charge in [-0.3, -0.25) is 14.8 Å². The normalized spacial score (nSPS) is 13.0. The van der Waals surface area contributed by atoms with Crippen LogP contribution < -0.4 is 4.74 Å². The highest BCUT2D eigenvalue weighted by atomic mass is 19.4. The fourth-order valence-electron chi connectivity index (χ4n) is 3.12. The van der Waals surface area contributed by atoms with Gasteiger partial charge in [-0.05, 0) is 31.1 Å². The van der Waals surface area contributed by atoms with E-state index in [4.69, 9.17) is 9.47 Å². The second-order valence-electron chi connectivity index (χ2n) is 7.48. The van der Waals surface area contributed by atoms with Gasteiger partial charge < -0.3 is 9.47 Å². The Labute approximate surface area is 188 Å². The Morgan fingerprint density at radius 3 is 2.64 bits per heavy atom. The minimum absolute atomic E-state index is 0.0508. The third-order valence-corrected chi connectivity index (χ3v) is 4.75. The summed E-state index contributed by atoms with van der Waals surface area (Å²) in [5.41, 5.74) is 1.37. The third kappa shape index (κ3) is 5.79. The van der Waals surface area contributed by atoms with Crippen molar-refractivity contribution < 1.29 is 27.4 Å². The largest absolute Gasteiger partial charge is 0.463 e. The number of aromatic nitrogens is 5. The number of nitrogens with zero attached hydrogens (tertiary/aromatic N) is 4. The van der Waals surface area contributed by atoms with E-state index in [1.165, 1.54) is 22.9 Å². The Morgan fingerprint density at radius 2 is 2.03 bits per heavy atom. The number of hydrogen-bond donors (Lipinski definition) is 1. The van der Waals surface area contributed by atoms with Gasteiger partial charge in [0.05, 0.1) is 29.8 Å². The van der Waals surface area contributed by atoms with Crippen molar-refractivity contribution in [3.05, 3.63) is 64.9 Å². The van der Waals surface area contributed by atoms with Crippen molar-refractivity contribution in [3.8, 4) is 5.88 Å². The molecule has 0 radical (unpaired) electrons. The number of aryl methyl sites for hydroxylation is 1. The summed E-state index contributed by atoms with van der Waals surface area (Å²) in [4.78, 5) is 15.6. The van der Waals surface area contributed by atoms with Crippen LogP contribution in [-0.4, -0.2) is 37.5 Å². The van der Waals surface area contributed by atoms with Crippen LogP contribution in [0.2, 0.25) is 0 Å². The zero-order valence-electron chi connectivity index (χ0n) is 18.6. The lowest BCUT2D eigenvalue weighted by atomic mass is 10.00. The van der Waals surface area contributed by atoms with Crippen LogP contribution in [0.4, 0.5) is 13.2 Å². The van der Waals surface area contributed by atoms with E-state index in [9.17, 15) is 18.0 Å². The molecular formula is C22H24F3N5O3. The molecule has 0 saturated heterocycles. The second kappa shape index (κ2) is 9.88.